The maximum absolute atomic E-state index is 11.1. The van der Waals surface area contributed by atoms with Crippen LogP contribution in [0.1, 0.15) is 43.4 Å². The van der Waals surface area contributed by atoms with E-state index in [2.05, 4.69) is 16.9 Å². The van der Waals surface area contributed by atoms with E-state index in [0.717, 1.165) is 24.1 Å². The van der Waals surface area contributed by atoms with Gasteiger partial charge in [-0.15, -0.1) is 0 Å². The summed E-state index contributed by atoms with van der Waals surface area (Å²) in [6.07, 6.45) is 7.25. The van der Waals surface area contributed by atoms with Gasteiger partial charge in [-0.25, -0.2) is 0 Å². The molecule has 3 heterocycles. The number of aryl methyl sites for hydroxylation is 1. The zero-order chi connectivity index (χ0) is 12.8. The Hall–Kier alpha value is -0.930. The van der Waals surface area contributed by atoms with Crippen LogP contribution in [0.15, 0.2) is 18.3 Å². The fraction of sp³-hybridized carbons (Fsp3) is 0.667. The maximum atomic E-state index is 11.1. The minimum absolute atomic E-state index is 0.530. The minimum atomic E-state index is -0.666. The van der Waals surface area contributed by atoms with Gasteiger partial charge in [0.1, 0.15) is 0 Å². The minimum Gasteiger partial charge on any atom is -0.385 e. The summed E-state index contributed by atoms with van der Waals surface area (Å²) in [5, 5.41) is 11.1. The van der Waals surface area contributed by atoms with Crippen LogP contribution in [-0.4, -0.2) is 34.1 Å². The number of aromatic nitrogens is 1. The molecule has 1 N–H and O–H groups in total. The summed E-state index contributed by atoms with van der Waals surface area (Å²) in [6.45, 7) is 2.00. The summed E-state index contributed by atoms with van der Waals surface area (Å²) in [6, 6.07) is 5.04. The molecule has 2 saturated heterocycles. The molecule has 0 aromatic carbocycles. The molecule has 0 aliphatic carbocycles. The molecule has 3 rings (SSSR count). The van der Waals surface area contributed by atoms with E-state index >= 15 is 0 Å². The lowest BCUT2D eigenvalue weighted by Gasteiger charge is -2.51. The number of aliphatic hydroxyl groups is 1. The first-order valence-corrected chi connectivity index (χ1v) is 6.96. The molecule has 1 aromatic rings. The number of pyridine rings is 1. The fourth-order valence-electron chi connectivity index (χ4n) is 3.85. The Morgan fingerprint density at radius 1 is 1.33 bits per heavy atom. The lowest BCUT2D eigenvalue weighted by Crippen LogP contribution is -2.55. The van der Waals surface area contributed by atoms with Crippen LogP contribution in [0.3, 0.4) is 0 Å². The lowest BCUT2D eigenvalue weighted by molar-refractivity contribution is -0.0879. The molecule has 0 saturated carbocycles. The predicted octanol–water partition coefficient (Wildman–Crippen LogP) is 2.22. The first-order valence-electron chi connectivity index (χ1n) is 6.96. The third kappa shape index (κ3) is 1.86. The number of piperidine rings is 2. The molecule has 0 spiro atoms. The summed E-state index contributed by atoms with van der Waals surface area (Å²) < 4.78 is 0. The Labute approximate surface area is 109 Å². The summed E-state index contributed by atoms with van der Waals surface area (Å²) >= 11 is 0. The van der Waals surface area contributed by atoms with E-state index in [1.807, 2.05) is 19.1 Å². The van der Waals surface area contributed by atoms with Crippen LogP contribution in [0.2, 0.25) is 0 Å². The number of fused-ring (bicyclic) bond motifs is 2. The molecule has 2 aliphatic heterocycles. The average Bonchev–Trinajstić information content (AvgIpc) is 2.32. The van der Waals surface area contributed by atoms with Gasteiger partial charge in [0.25, 0.3) is 0 Å². The molecule has 2 bridgehead atoms. The van der Waals surface area contributed by atoms with Crippen LogP contribution in [-0.2, 0) is 5.60 Å². The molecule has 98 valence electrons. The second kappa shape index (κ2) is 4.32. The highest BCUT2D eigenvalue weighted by Crippen LogP contribution is 2.43. The summed E-state index contributed by atoms with van der Waals surface area (Å²) in [5.74, 6) is 0. The van der Waals surface area contributed by atoms with Crippen molar-refractivity contribution in [3.05, 3.63) is 29.6 Å². The largest absolute Gasteiger partial charge is 0.385 e. The van der Waals surface area contributed by atoms with E-state index in [-0.39, 0.29) is 0 Å². The molecule has 1 aromatic heterocycles. The normalized spacial score (nSPS) is 36.6. The van der Waals surface area contributed by atoms with E-state index in [9.17, 15) is 5.11 Å². The van der Waals surface area contributed by atoms with E-state index in [0.29, 0.717) is 12.1 Å². The van der Waals surface area contributed by atoms with Gasteiger partial charge in [0.15, 0.2) is 0 Å². The van der Waals surface area contributed by atoms with Gasteiger partial charge in [0.2, 0.25) is 0 Å². The smallest absolute Gasteiger partial charge is 0.0943 e. The molecular formula is C15H22N2O. The molecule has 2 unspecified atom stereocenters. The van der Waals surface area contributed by atoms with E-state index < -0.39 is 5.60 Å². The first-order chi connectivity index (χ1) is 8.60. The topological polar surface area (TPSA) is 36.4 Å². The fourth-order valence-corrected chi connectivity index (χ4v) is 3.85. The Kier molecular flexibility index (Phi) is 2.91. The standard InChI is InChI=1S/C15H22N2O/c1-11-14(7-4-8-16-11)15(18)9-12-5-3-6-13(10-15)17(12)2/h4,7-8,12-13,18H,3,5-6,9-10H2,1-2H3. The molecule has 3 heteroatoms. The Balaban J connectivity index is 1.94. The van der Waals surface area contributed by atoms with Crippen molar-refractivity contribution >= 4 is 0 Å². The van der Waals surface area contributed by atoms with Gasteiger partial charge >= 0.3 is 0 Å². The summed E-state index contributed by atoms with van der Waals surface area (Å²) in [7, 11) is 2.21. The second-order valence-electron chi connectivity index (χ2n) is 5.98. The Morgan fingerprint density at radius 2 is 2.00 bits per heavy atom. The van der Waals surface area contributed by atoms with Crippen molar-refractivity contribution in [2.24, 2.45) is 0 Å². The highest BCUT2D eigenvalue weighted by molar-refractivity contribution is 5.27. The van der Waals surface area contributed by atoms with Crippen LogP contribution in [0.4, 0.5) is 0 Å². The highest BCUT2D eigenvalue weighted by Gasteiger charge is 2.45. The van der Waals surface area contributed by atoms with Crippen LogP contribution in [0.25, 0.3) is 0 Å². The average molecular weight is 246 g/mol. The molecular weight excluding hydrogens is 224 g/mol. The van der Waals surface area contributed by atoms with Crippen molar-refractivity contribution < 1.29 is 5.11 Å². The SMILES string of the molecule is Cc1ncccc1C1(O)CC2CCCC(C1)N2C. The second-order valence-corrected chi connectivity index (χ2v) is 5.98. The van der Waals surface area contributed by atoms with Crippen molar-refractivity contribution in [3.8, 4) is 0 Å². The molecule has 18 heavy (non-hydrogen) atoms. The van der Waals surface area contributed by atoms with Crippen molar-refractivity contribution in [1.82, 2.24) is 9.88 Å². The first kappa shape index (κ1) is 12.1. The van der Waals surface area contributed by atoms with Crippen molar-refractivity contribution in [2.45, 2.75) is 56.7 Å². The molecule has 2 fully saturated rings. The predicted molar refractivity (Wildman–Crippen MR) is 71.3 cm³/mol. The number of rotatable bonds is 1. The van der Waals surface area contributed by atoms with Crippen molar-refractivity contribution in [2.75, 3.05) is 7.05 Å². The molecule has 3 nitrogen and oxygen atoms in total. The third-order valence-electron chi connectivity index (χ3n) is 4.88. The van der Waals surface area contributed by atoms with Gasteiger partial charge in [-0.2, -0.15) is 0 Å². The van der Waals surface area contributed by atoms with Gasteiger partial charge in [-0.1, -0.05) is 12.5 Å². The van der Waals surface area contributed by atoms with Gasteiger partial charge in [0, 0.05) is 29.5 Å². The maximum Gasteiger partial charge on any atom is 0.0943 e. The Bertz CT molecular complexity index is 432. The monoisotopic (exact) mass is 246 g/mol. The zero-order valence-corrected chi connectivity index (χ0v) is 11.3. The molecule has 0 amide bonds. The Morgan fingerprint density at radius 3 is 2.61 bits per heavy atom. The van der Waals surface area contributed by atoms with E-state index in [1.165, 1.54) is 19.3 Å². The summed E-state index contributed by atoms with van der Waals surface area (Å²) in [4.78, 5) is 6.81. The van der Waals surface area contributed by atoms with Crippen LogP contribution in [0, 0.1) is 6.92 Å². The highest BCUT2D eigenvalue weighted by atomic mass is 16.3. The molecule has 2 atom stereocenters. The quantitative estimate of drug-likeness (QED) is 0.825. The van der Waals surface area contributed by atoms with Gasteiger partial charge in [-0.05, 0) is 45.7 Å². The van der Waals surface area contributed by atoms with E-state index in [1.54, 1.807) is 6.20 Å². The zero-order valence-electron chi connectivity index (χ0n) is 11.3. The van der Waals surface area contributed by atoms with Crippen molar-refractivity contribution in [1.29, 1.82) is 0 Å². The van der Waals surface area contributed by atoms with Crippen LogP contribution in [0.5, 0.6) is 0 Å². The van der Waals surface area contributed by atoms with Crippen LogP contribution < -0.4 is 0 Å². The number of hydrogen-bond acceptors (Lipinski definition) is 3. The number of nitrogens with zero attached hydrogens (tertiary/aromatic N) is 2. The van der Waals surface area contributed by atoms with Gasteiger partial charge in [-0.3, -0.25) is 4.98 Å². The van der Waals surface area contributed by atoms with Crippen LogP contribution >= 0.6 is 0 Å². The lowest BCUT2D eigenvalue weighted by atomic mass is 9.72. The number of hydrogen-bond donors (Lipinski definition) is 1. The van der Waals surface area contributed by atoms with Gasteiger partial charge < -0.3 is 10.0 Å². The summed E-state index contributed by atoms with van der Waals surface area (Å²) in [5.41, 5.74) is 1.35. The molecule has 0 radical (unpaired) electrons. The third-order valence-corrected chi connectivity index (χ3v) is 4.88. The van der Waals surface area contributed by atoms with Crippen molar-refractivity contribution in [3.63, 3.8) is 0 Å². The molecule has 2 aliphatic rings. The van der Waals surface area contributed by atoms with E-state index in [4.69, 9.17) is 0 Å². The van der Waals surface area contributed by atoms with Gasteiger partial charge in [0.05, 0.1) is 5.60 Å².